The topological polar surface area (TPSA) is 0 Å². The summed E-state index contributed by atoms with van der Waals surface area (Å²) in [5.74, 6) is 0. The number of hydrogen-bond donors (Lipinski definition) is 0. The molecule has 0 bridgehead atoms. The Morgan fingerprint density at radius 2 is 1.20 bits per heavy atom. The molecule has 0 nitrogen and oxygen atoms in total. The maximum absolute atomic E-state index is 2.43. The Morgan fingerprint density at radius 3 is 1.20 bits per heavy atom. The van der Waals surface area contributed by atoms with Crippen LogP contribution >= 0.6 is 7.33 Å². The van der Waals surface area contributed by atoms with Crippen molar-refractivity contribution in [3.05, 3.63) is 0 Å². The average Bonchev–Trinajstić information content (AvgIpc) is 1.00. The fraction of sp³-hybridized carbons (Fsp3) is 0. The van der Waals surface area contributed by atoms with Gasteiger partial charge in [-0.05, 0) is 0 Å². The summed E-state index contributed by atoms with van der Waals surface area (Å²) in [5.41, 5.74) is 0. The fourth-order valence-corrected chi connectivity index (χ4v) is 0. The molecular formula is H5AlMoNbPV. The summed E-state index contributed by atoms with van der Waals surface area (Å²) in [6.07, 6.45) is 0. The second kappa shape index (κ2) is 28.1. The van der Waals surface area contributed by atoms with Crippen LogP contribution in [0.1, 0.15) is 0 Å². The first-order valence-electron chi connectivity index (χ1n) is 0.236. The molecule has 0 N–H and O–H groups in total. The summed E-state index contributed by atoms with van der Waals surface area (Å²) in [4.78, 5) is 0. The Morgan fingerprint density at radius 1 is 1.20 bits per heavy atom. The molecule has 0 aromatic heterocycles. The second-order valence-electron chi connectivity index (χ2n) is 0. The molecule has 5 heteroatoms. The third kappa shape index (κ3) is 19.5. The van der Waals surface area contributed by atoms with Gasteiger partial charge < -0.3 is 0 Å². The Balaban J connectivity index is -0.00000000167. The van der Waals surface area contributed by atoms with E-state index in [2.05, 4.69) is 7.33 Å². The van der Waals surface area contributed by atoms with Crippen molar-refractivity contribution in [2.24, 2.45) is 0 Å². The molecule has 0 aromatic carbocycles. The summed E-state index contributed by atoms with van der Waals surface area (Å²) in [5, 5.41) is 0. The van der Waals surface area contributed by atoms with Crippen molar-refractivity contribution < 1.29 is 60.2 Å². The van der Waals surface area contributed by atoms with Gasteiger partial charge in [-0.25, -0.2) is 0 Å². The maximum Gasteiger partial charge on any atom is 0 e. The summed E-state index contributed by atoms with van der Waals surface area (Å²) >= 11 is 1.87. The van der Waals surface area contributed by atoms with Crippen molar-refractivity contribution in [3.63, 3.8) is 0 Å². The first kappa shape index (κ1) is 24.6. The van der Waals surface area contributed by atoms with Gasteiger partial charge in [-0.1, -0.05) is 0 Å². The van der Waals surface area contributed by atoms with E-state index in [0.29, 0.717) is 0 Å². The molecule has 5 heavy (non-hydrogen) atoms. The van der Waals surface area contributed by atoms with Gasteiger partial charge in [0, 0.05) is 40.9 Å². The van der Waals surface area contributed by atoms with Gasteiger partial charge in [0.25, 0.3) is 0 Å². The Hall–Kier alpha value is 2.98. The van der Waals surface area contributed by atoms with Crippen LogP contribution in [0.2, 0.25) is 0 Å². The van der Waals surface area contributed by atoms with Crippen LogP contribution in [0.4, 0.5) is 0 Å². The standard InChI is InChI=1S/Al.Mo.Nb.H2P.V.3H/h;;;1H2;;;;/q;+1;;-1;;;;. The van der Waals surface area contributed by atoms with Crippen LogP contribution in [0.5, 0.6) is 0 Å². The number of rotatable bonds is 0. The van der Waals surface area contributed by atoms with Gasteiger partial charge in [-0.15, -0.1) is 0 Å². The van der Waals surface area contributed by atoms with Crippen molar-refractivity contribution in [1.82, 2.24) is 0 Å². The van der Waals surface area contributed by atoms with E-state index >= 15 is 0 Å². The van der Waals surface area contributed by atoms with Gasteiger partial charge in [0.15, 0.2) is 17.4 Å². The summed E-state index contributed by atoms with van der Waals surface area (Å²) < 4.78 is 0. The van der Waals surface area contributed by atoms with E-state index in [1.165, 1.54) is 0 Å². The van der Waals surface area contributed by atoms with Crippen LogP contribution in [0.15, 0.2) is 0 Å². The molecule has 0 amide bonds. The molecule has 0 rings (SSSR count). The normalized spacial score (nSPS) is 1.00. The molecule has 0 aliphatic rings. The summed E-state index contributed by atoms with van der Waals surface area (Å²) in [6, 6.07) is 0. The van der Waals surface area contributed by atoms with Gasteiger partial charge in [0.2, 0.25) is 0 Å². The van der Waals surface area contributed by atoms with Gasteiger partial charge in [0.1, 0.15) is 0 Å². The van der Waals surface area contributed by atoms with Crippen LogP contribution in [0, 0.1) is 0 Å². The number of hydrogen-bond acceptors (Lipinski definition) is 0. The van der Waals surface area contributed by atoms with E-state index in [1.807, 2.05) is 19.3 Å². The largest absolute Gasteiger partial charge is 0 e. The third-order valence-electron chi connectivity index (χ3n) is 0. The maximum atomic E-state index is 2.43. The zero-order valence-corrected chi connectivity index (χ0v) is 8.64. The fourth-order valence-electron chi connectivity index (χ4n) is 0. The molecule has 0 fully saturated rings. The monoisotopic (exact) mass is 305 g/mol. The smallest absolute Gasteiger partial charge is 0 e. The van der Waals surface area contributed by atoms with Gasteiger partial charge in [-0.3, -0.25) is 0 Å². The van der Waals surface area contributed by atoms with E-state index in [1.54, 1.807) is 0 Å². The Kier molecular flexibility index (Phi) is 138. The summed E-state index contributed by atoms with van der Waals surface area (Å²) in [6.45, 7) is 0. The van der Waals surface area contributed by atoms with Crippen LogP contribution in [0.3, 0.4) is 0 Å². The predicted octanol–water partition coefficient (Wildman–Crippen LogP) is -0.866. The average molecular weight is 303 g/mol. The quantitative estimate of drug-likeness (QED) is 0.403. The molecule has 0 aliphatic carbocycles. The SMILES string of the molecule is [AlH3].[Nb].[PH2][Mo].[V]. The minimum Gasteiger partial charge on any atom is 0 e. The van der Waals surface area contributed by atoms with Crippen molar-refractivity contribution in [2.45, 2.75) is 0 Å². The van der Waals surface area contributed by atoms with Gasteiger partial charge in [0.05, 0.1) is 0 Å². The van der Waals surface area contributed by atoms with Crippen molar-refractivity contribution in [2.75, 3.05) is 0 Å². The van der Waals surface area contributed by atoms with Crippen molar-refractivity contribution in [3.8, 4) is 0 Å². The minimum atomic E-state index is 0. The molecular weight excluding hydrogens is 298 g/mol. The molecule has 0 saturated heterocycles. The molecule has 1 atom stereocenters. The van der Waals surface area contributed by atoms with E-state index in [4.69, 9.17) is 0 Å². The predicted molar refractivity (Wildman–Crippen MR) is 19.6 cm³/mol. The molecule has 0 heterocycles. The molecule has 2 radical (unpaired) electrons. The van der Waals surface area contributed by atoms with Crippen molar-refractivity contribution >= 4 is 24.7 Å². The molecule has 0 aliphatic heterocycles. The minimum absolute atomic E-state index is 0. The Bertz CT molecular complexity index is 11.6. The first-order valence-corrected chi connectivity index (χ1v) is 4.18. The van der Waals surface area contributed by atoms with E-state index in [-0.39, 0.29) is 58.3 Å². The molecule has 1 unspecified atom stereocenters. The zero-order chi connectivity index (χ0) is 2.00. The van der Waals surface area contributed by atoms with Crippen LogP contribution in [-0.4, -0.2) is 17.4 Å². The van der Waals surface area contributed by atoms with Crippen LogP contribution in [0.25, 0.3) is 0 Å². The van der Waals surface area contributed by atoms with Crippen LogP contribution < -0.4 is 0 Å². The molecule has 0 saturated carbocycles. The Labute approximate surface area is 83.7 Å². The van der Waals surface area contributed by atoms with Gasteiger partial charge in [-0.2, -0.15) is 0 Å². The zero-order valence-electron chi connectivity index (χ0n) is 1.88. The molecule has 29 valence electrons. The summed E-state index contributed by atoms with van der Waals surface area (Å²) in [7, 11) is 2.43. The van der Waals surface area contributed by atoms with Crippen molar-refractivity contribution in [1.29, 1.82) is 0 Å². The van der Waals surface area contributed by atoms with E-state index in [0.717, 1.165) is 0 Å². The molecule has 0 aromatic rings. The van der Waals surface area contributed by atoms with Crippen LogP contribution in [-0.2, 0) is 60.2 Å². The van der Waals surface area contributed by atoms with E-state index in [9.17, 15) is 0 Å². The molecule has 0 spiro atoms. The first-order chi connectivity index (χ1) is 1.00. The van der Waals surface area contributed by atoms with Gasteiger partial charge >= 0.3 is 26.6 Å². The van der Waals surface area contributed by atoms with E-state index < -0.39 is 0 Å². The third-order valence-corrected chi connectivity index (χ3v) is 0. The second-order valence-corrected chi connectivity index (χ2v) is 0.